The molecule has 0 saturated heterocycles. The minimum atomic E-state index is -4.62. The van der Waals surface area contributed by atoms with Gasteiger partial charge in [-0.1, -0.05) is 31.4 Å². The van der Waals surface area contributed by atoms with Crippen molar-refractivity contribution in [3.05, 3.63) is 69.5 Å². The van der Waals surface area contributed by atoms with E-state index in [1.54, 1.807) is 6.07 Å². The highest BCUT2D eigenvalue weighted by molar-refractivity contribution is 5.67. The second-order valence-corrected chi connectivity index (χ2v) is 7.43. The van der Waals surface area contributed by atoms with Gasteiger partial charge in [0.25, 0.3) is 5.56 Å². The van der Waals surface area contributed by atoms with E-state index in [-0.39, 0.29) is 23.6 Å². The molecule has 0 saturated carbocycles. The summed E-state index contributed by atoms with van der Waals surface area (Å²) in [6.07, 6.45) is -1.68. The average molecular weight is 431 g/mol. The van der Waals surface area contributed by atoms with Crippen LogP contribution in [0.15, 0.2) is 47.5 Å². The summed E-state index contributed by atoms with van der Waals surface area (Å²) in [4.78, 5) is 23.0. The Bertz CT molecular complexity index is 1110. The molecule has 0 radical (unpaired) electrons. The van der Waals surface area contributed by atoms with Crippen molar-refractivity contribution < 1.29 is 17.9 Å². The van der Waals surface area contributed by atoms with Crippen molar-refractivity contribution in [2.75, 3.05) is 13.7 Å². The van der Waals surface area contributed by atoms with E-state index in [1.165, 1.54) is 37.7 Å². The van der Waals surface area contributed by atoms with Crippen LogP contribution in [0.3, 0.4) is 0 Å². The van der Waals surface area contributed by atoms with Crippen LogP contribution in [0, 0.1) is 5.92 Å². The van der Waals surface area contributed by atoms with Crippen LogP contribution < -0.4 is 10.3 Å². The molecule has 0 atom stereocenters. The summed E-state index contributed by atoms with van der Waals surface area (Å²) >= 11 is 0. The third-order valence-corrected chi connectivity index (χ3v) is 4.42. The molecule has 2 heterocycles. The number of rotatable bonds is 7. The standard InChI is InChI=1S/C22H22F3N4O2/c1-13(2)9-26-10-14-4-5-18(22(23,24)25)17(6-14)21-28-19(8-20(30)29-21)15-7-16(31-3)12-27-11-15/h4-8,11-13H,9-10H2,1-3H3,(H,28,29,30)/q-1. The minimum absolute atomic E-state index is 0.177. The van der Waals surface area contributed by atoms with Gasteiger partial charge in [0.1, 0.15) is 11.6 Å². The normalized spacial score (nSPS) is 11.7. The van der Waals surface area contributed by atoms with Gasteiger partial charge in [0, 0.05) is 23.4 Å². The fourth-order valence-corrected chi connectivity index (χ4v) is 2.99. The first-order valence-corrected chi connectivity index (χ1v) is 9.62. The maximum atomic E-state index is 13.7. The van der Waals surface area contributed by atoms with E-state index in [2.05, 4.69) is 20.3 Å². The van der Waals surface area contributed by atoms with Crippen molar-refractivity contribution in [3.63, 3.8) is 0 Å². The van der Waals surface area contributed by atoms with Gasteiger partial charge in [0.15, 0.2) is 0 Å². The zero-order valence-corrected chi connectivity index (χ0v) is 17.3. The Kier molecular flexibility index (Phi) is 6.74. The van der Waals surface area contributed by atoms with Gasteiger partial charge < -0.3 is 15.0 Å². The van der Waals surface area contributed by atoms with Crippen LogP contribution in [0.5, 0.6) is 5.75 Å². The van der Waals surface area contributed by atoms with Crippen molar-refractivity contribution in [3.8, 4) is 28.4 Å². The predicted molar refractivity (Wildman–Crippen MR) is 112 cm³/mol. The highest BCUT2D eigenvalue weighted by Gasteiger charge is 2.34. The van der Waals surface area contributed by atoms with Crippen molar-refractivity contribution in [2.45, 2.75) is 26.6 Å². The molecule has 164 valence electrons. The lowest BCUT2D eigenvalue weighted by Crippen LogP contribution is -2.13. The van der Waals surface area contributed by atoms with E-state index >= 15 is 0 Å². The first kappa shape index (κ1) is 22.5. The molecule has 9 heteroatoms. The largest absolute Gasteiger partial charge is 0.658 e. The number of benzene rings is 1. The molecule has 3 rings (SSSR count). The summed E-state index contributed by atoms with van der Waals surface area (Å²) in [6.45, 7) is 4.89. The average Bonchev–Trinajstić information content (AvgIpc) is 2.72. The molecule has 0 aliphatic heterocycles. The molecule has 0 unspecified atom stereocenters. The van der Waals surface area contributed by atoms with E-state index in [9.17, 15) is 18.0 Å². The van der Waals surface area contributed by atoms with Gasteiger partial charge in [-0.2, -0.15) is 13.2 Å². The third-order valence-electron chi connectivity index (χ3n) is 4.42. The number of hydrogen-bond acceptors (Lipinski definition) is 4. The first-order valence-electron chi connectivity index (χ1n) is 9.62. The van der Waals surface area contributed by atoms with E-state index in [4.69, 9.17) is 4.74 Å². The third kappa shape index (κ3) is 5.69. The number of pyridine rings is 1. The SMILES string of the molecule is COc1cncc(-c2cc(=O)[nH]c(-c3cc(C[N-]CC(C)C)ccc3C(F)(F)F)n2)c1. The molecule has 6 nitrogen and oxygen atoms in total. The first-order chi connectivity index (χ1) is 14.7. The molecule has 0 aliphatic carbocycles. The van der Waals surface area contributed by atoms with Gasteiger partial charge in [0.2, 0.25) is 0 Å². The maximum Gasteiger partial charge on any atom is 0.417 e. The minimum Gasteiger partial charge on any atom is -0.658 e. The molecular weight excluding hydrogens is 409 g/mol. The lowest BCUT2D eigenvalue weighted by atomic mass is 10.0. The van der Waals surface area contributed by atoms with Crippen molar-refractivity contribution in [1.82, 2.24) is 15.0 Å². The van der Waals surface area contributed by atoms with Gasteiger partial charge in [-0.3, -0.25) is 9.78 Å². The summed E-state index contributed by atoms with van der Waals surface area (Å²) in [5.74, 6) is 0.606. The number of aromatic amines is 1. The lowest BCUT2D eigenvalue weighted by molar-refractivity contribution is -0.137. The fraction of sp³-hybridized carbons (Fsp3) is 0.318. The number of H-pyrrole nitrogens is 1. The topological polar surface area (TPSA) is 82.0 Å². The molecular formula is C22H22F3N4O2-. The lowest BCUT2D eigenvalue weighted by Gasteiger charge is -2.22. The smallest absolute Gasteiger partial charge is 0.417 e. The number of hydrogen-bond donors (Lipinski definition) is 1. The number of methoxy groups -OCH3 is 1. The van der Waals surface area contributed by atoms with E-state index < -0.39 is 17.3 Å². The van der Waals surface area contributed by atoms with Crippen molar-refractivity contribution in [2.24, 2.45) is 5.92 Å². The Morgan fingerprint density at radius 1 is 1.16 bits per heavy atom. The molecule has 0 spiro atoms. The highest BCUT2D eigenvalue weighted by Crippen LogP contribution is 2.37. The number of aromatic nitrogens is 3. The van der Waals surface area contributed by atoms with Crippen molar-refractivity contribution >= 4 is 0 Å². The Morgan fingerprint density at radius 2 is 1.94 bits per heavy atom. The van der Waals surface area contributed by atoms with Gasteiger partial charge in [0.05, 0.1) is 24.6 Å². The summed E-state index contributed by atoms with van der Waals surface area (Å²) < 4.78 is 46.1. The van der Waals surface area contributed by atoms with Crippen LogP contribution in [-0.4, -0.2) is 28.6 Å². The molecule has 0 amide bonds. The number of nitrogens with zero attached hydrogens (tertiary/aromatic N) is 3. The number of halogens is 3. The summed E-state index contributed by atoms with van der Waals surface area (Å²) in [5, 5.41) is 4.37. The van der Waals surface area contributed by atoms with Crippen LogP contribution >= 0.6 is 0 Å². The predicted octanol–water partition coefficient (Wildman–Crippen LogP) is 5.06. The fourth-order valence-electron chi connectivity index (χ4n) is 2.99. The quantitative estimate of drug-likeness (QED) is 0.567. The Hall–Kier alpha value is -3.20. The number of alkyl halides is 3. The molecule has 31 heavy (non-hydrogen) atoms. The Morgan fingerprint density at radius 3 is 2.61 bits per heavy atom. The van der Waals surface area contributed by atoms with Gasteiger partial charge in [-0.25, -0.2) is 4.98 Å². The van der Waals surface area contributed by atoms with Crippen LogP contribution in [0.1, 0.15) is 25.0 Å². The maximum absolute atomic E-state index is 13.7. The molecule has 1 aromatic carbocycles. The second-order valence-electron chi connectivity index (χ2n) is 7.43. The zero-order chi connectivity index (χ0) is 22.6. The second kappa shape index (κ2) is 9.30. The molecule has 2 aromatic heterocycles. The molecule has 3 aromatic rings. The van der Waals surface area contributed by atoms with Crippen LogP contribution in [0.25, 0.3) is 28.0 Å². The Labute approximate surface area is 177 Å². The number of ether oxygens (including phenoxy) is 1. The molecule has 1 N–H and O–H groups in total. The van der Waals surface area contributed by atoms with E-state index in [1.807, 2.05) is 13.8 Å². The monoisotopic (exact) mass is 431 g/mol. The van der Waals surface area contributed by atoms with Crippen LogP contribution in [-0.2, 0) is 12.7 Å². The summed E-state index contributed by atoms with van der Waals surface area (Å²) in [6, 6.07) is 6.57. The van der Waals surface area contributed by atoms with E-state index in [0.29, 0.717) is 29.3 Å². The summed E-state index contributed by atoms with van der Waals surface area (Å²) in [5.41, 5.74) is -0.439. The molecule has 0 aliphatic rings. The van der Waals surface area contributed by atoms with Gasteiger partial charge in [-0.15, -0.1) is 13.1 Å². The Balaban J connectivity index is 2.09. The van der Waals surface area contributed by atoms with Gasteiger partial charge >= 0.3 is 6.18 Å². The molecule has 0 bridgehead atoms. The number of nitrogens with one attached hydrogen (secondary N) is 1. The van der Waals surface area contributed by atoms with Crippen molar-refractivity contribution in [1.29, 1.82) is 0 Å². The van der Waals surface area contributed by atoms with E-state index in [0.717, 1.165) is 6.07 Å². The van der Waals surface area contributed by atoms with Crippen LogP contribution in [0.4, 0.5) is 13.2 Å². The highest BCUT2D eigenvalue weighted by atomic mass is 19.4. The summed E-state index contributed by atoms with van der Waals surface area (Å²) in [7, 11) is 1.46. The molecule has 0 fully saturated rings. The zero-order valence-electron chi connectivity index (χ0n) is 17.3. The van der Waals surface area contributed by atoms with Crippen LogP contribution in [0.2, 0.25) is 0 Å². The van der Waals surface area contributed by atoms with Gasteiger partial charge in [-0.05, 0) is 18.2 Å².